The molecule has 0 aromatic carbocycles. The van der Waals surface area contributed by atoms with E-state index in [1.165, 1.54) is 0 Å². The second-order valence-electron chi connectivity index (χ2n) is 3.13. The summed E-state index contributed by atoms with van der Waals surface area (Å²) in [7, 11) is 0. The predicted molar refractivity (Wildman–Crippen MR) is 85.5 cm³/mol. The quantitative estimate of drug-likeness (QED) is 0.374. The van der Waals surface area contributed by atoms with Gasteiger partial charge in [0.25, 0.3) is 0 Å². The van der Waals surface area contributed by atoms with Crippen LogP contribution in [0.3, 0.4) is 0 Å². The third-order valence-corrected chi connectivity index (χ3v) is 0.878. The van der Waals surface area contributed by atoms with Gasteiger partial charge in [-0.05, 0) is 6.42 Å². The van der Waals surface area contributed by atoms with Crippen LogP contribution in [0, 0.1) is 0 Å². The molecule has 0 aliphatic carbocycles. The minimum Gasteiger partial charge on any atom is -0.855 e. The number of ether oxygens (including phenoxy) is 1. The summed E-state index contributed by atoms with van der Waals surface area (Å²) in [4.78, 5) is 0. The Kier molecular flexibility index (Phi) is 166. The largest absolute Gasteiger partial charge is 5.00 e. The normalized spacial score (nSPS) is 7.00. The van der Waals surface area contributed by atoms with Gasteiger partial charge < -0.3 is 35.4 Å². The molecule has 0 atom stereocenters. The number of rotatable bonds is 5. The number of unbranched alkanes of at least 4 members (excludes halogenated alkanes) is 1. The zero-order chi connectivity index (χ0) is 19.8. The van der Waals surface area contributed by atoms with Gasteiger partial charge >= 0.3 is 22.4 Å². The number of aliphatic hydroxyl groups is 1. The van der Waals surface area contributed by atoms with Crippen molar-refractivity contribution in [2.75, 3.05) is 52.9 Å². The van der Waals surface area contributed by atoms with Crippen LogP contribution in [0.4, 0.5) is 0 Å². The minimum atomic E-state index is 0. The Hall–Kier alpha value is 0.460. The summed E-state index contributed by atoms with van der Waals surface area (Å²) in [6, 6.07) is 0. The van der Waals surface area contributed by atoms with Crippen molar-refractivity contribution < 1.29 is 57.8 Å². The number of hydrogen-bond donors (Lipinski definition) is 1. The van der Waals surface area contributed by atoms with Gasteiger partial charge in [-0.3, -0.25) is 0 Å². The Morgan fingerprint density at radius 3 is 1.04 bits per heavy atom. The van der Waals surface area contributed by atoms with Gasteiger partial charge in [0, 0.05) is 6.61 Å². The summed E-state index contributed by atoms with van der Waals surface area (Å²) >= 11 is 0. The smallest absolute Gasteiger partial charge is 0.855 e. The molecule has 0 radical (unpaired) electrons. The zero-order valence-corrected chi connectivity index (χ0v) is 18.6. The first-order valence-electron chi connectivity index (χ1n) is 8.08. The van der Waals surface area contributed by atoms with Gasteiger partial charge in [-0.2, -0.15) is 0 Å². The van der Waals surface area contributed by atoms with Crippen LogP contribution in [-0.2, 0) is 27.1 Å². The fourth-order valence-corrected chi connectivity index (χ4v) is 0.413. The van der Waals surface area contributed by atoms with Gasteiger partial charge in [-0.1, -0.05) is 48.0 Å². The molecule has 7 nitrogen and oxygen atoms in total. The molecule has 0 aliphatic heterocycles. The molecule has 24 heavy (non-hydrogen) atoms. The molecule has 0 saturated carbocycles. The molecule has 0 spiro atoms. The Morgan fingerprint density at radius 2 is 0.875 bits per heavy atom. The van der Waals surface area contributed by atoms with Crippen LogP contribution in [-0.4, -0.2) is 58.0 Å². The molecule has 0 fully saturated rings. The molecule has 0 aromatic heterocycles. The average molecular weight is 436 g/mol. The Morgan fingerprint density at radius 1 is 0.625 bits per heavy atom. The first kappa shape index (κ1) is 44.2. The molecule has 0 rings (SSSR count). The molecule has 0 heterocycles. The Bertz CT molecular complexity index is 84.9. The van der Waals surface area contributed by atoms with E-state index in [2.05, 4.69) is 6.92 Å². The maximum absolute atomic E-state index is 8.93. The van der Waals surface area contributed by atoms with Crippen molar-refractivity contribution >= 4 is 0 Å². The SMILES string of the molecule is CCCCOCCO.CC[O-].CC[O-].CC[O-].CC[O-].CC[O-].[Nb+5]. The van der Waals surface area contributed by atoms with Crippen LogP contribution in [0.5, 0.6) is 0 Å². The molecule has 0 amide bonds. The second-order valence-corrected chi connectivity index (χ2v) is 3.13. The van der Waals surface area contributed by atoms with Crippen LogP contribution in [0.15, 0.2) is 0 Å². The average Bonchev–Trinajstić information content (AvgIpc) is 2.48. The predicted octanol–water partition coefficient (Wildman–Crippen LogP) is -2.37. The van der Waals surface area contributed by atoms with Crippen molar-refractivity contribution in [1.29, 1.82) is 0 Å². The molecule has 0 aromatic rings. The number of aliphatic hydroxyl groups excluding tert-OH is 1. The van der Waals surface area contributed by atoms with E-state index in [-0.39, 0.29) is 62.0 Å². The van der Waals surface area contributed by atoms with Crippen LogP contribution >= 0.6 is 0 Å². The van der Waals surface area contributed by atoms with Crippen LogP contribution in [0.1, 0.15) is 54.4 Å². The van der Waals surface area contributed by atoms with Gasteiger partial charge in [0.1, 0.15) is 0 Å². The molecular weight excluding hydrogens is 397 g/mol. The number of hydrogen-bond acceptors (Lipinski definition) is 7. The van der Waals surface area contributed by atoms with Gasteiger partial charge in [-0.25, -0.2) is 0 Å². The monoisotopic (exact) mass is 436 g/mol. The Labute approximate surface area is 165 Å². The van der Waals surface area contributed by atoms with Gasteiger partial charge in [0.2, 0.25) is 0 Å². The maximum Gasteiger partial charge on any atom is 5.00 e. The summed E-state index contributed by atoms with van der Waals surface area (Å²) in [6.07, 6.45) is 2.26. The summed E-state index contributed by atoms with van der Waals surface area (Å²) in [5.41, 5.74) is 0. The summed E-state index contributed by atoms with van der Waals surface area (Å²) in [5.74, 6) is 0. The third-order valence-electron chi connectivity index (χ3n) is 0.878. The molecule has 8 heteroatoms. The fourth-order valence-electron chi connectivity index (χ4n) is 0.413. The van der Waals surface area contributed by atoms with E-state index in [0.29, 0.717) is 6.61 Å². The summed E-state index contributed by atoms with van der Waals surface area (Å²) in [5, 5.41) is 52.9. The van der Waals surface area contributed by atoms with Crippen LogP contribution < -0.4 is 25.5 Å². The first-order chi connectivity index (χ1) is 11.0. The van der Waals surface area contributed by atoms with E-state index in [1.54, 1.807) is 34.6 Å². The third kappa shape index (κ3) is 347. The van der Waals surface area contributed by atoms with E-state index in [4.69, 9.17) is 35.4 Å². The van der Waals surface area contributed by atoms with Crippen molar-refractivity contribution in [2.45, 2.75) is 54.4 Å². The van der Waals surface area contributed by atoms with Crippen molar-refractivity contribution in [3.8, 4) is 0 Å². The van der Waals surface area contributed by atoms with E-state index in [9.17, 15) is 0 Å². The van der Waals surface area contributed by atoms with E-state index in [1.807, 2.05) is 0 Å². The molecule has 0 unspecified atom stereocenters. The standard InChI is InChI=1S/C6H14O2.5C2H5O.Nb/c1-2-3-5-8-6-4-7;5*1-2-3;/h7H,2-6H2,1H3;5*2H2,1H3;/q;5*-1;+5. The maximum atomic E-state index is 8.93. The summed E-state index contributed by atoms with van der Waals surface area (Å²) < 4.78 is 4.97. The molecular formula is C16H39NbO7. The second kappa shape index (κ2) is 90.1. The van der Waals surface area contributed by atoms with Gasteiger partial charge in [0.15, 0.2) is 0 Å². The minimum absolute atomic E-state index is 0. The van der Waals surface area contributed by atoms with Crippen LogP contribution in [0.2, 0.25) is 0 Å². The van der Waals surface area contributed by atoms with Crippen molar-refractivity contribution in [3.63, 3.8) is 0 Å². The zero-order valence-electron chi connectivity index (χ0n) is 16.4. The van der Waals surface area contributed by atoms with Gasteiger partial charge in [0.05, 0.1) is 13.2 Å². The molecule has 0 aliphatic rings. The topological polar surface area (TPSA) is 145 Å². The fraction of sp³-hybridized carbons (Fsp3) is 1.00. The molecule has 1 N–H and O–H groups in total. The summed E-state index contributed by atoms with van der Waals surface area (Å²) in [6.45, 7) is 11.4. The van der Waals surface area contributed by atoms with E-state index in [0.717, 1.165) is 19.4 Å². The van der Waals surface area contributed by atoms with Crippen molar-refractivity contribution in [1.82, 2.24) is 0 Å². The molecule has 0 saturated heterocycles. The van der Waals surface area contributed by atoms with Crippen molar-refractivity contribution in [2.24, 2.45) is 0 Å². The van der Waals surface area contributed by atoms with Crippen molar-refractivity contribution in [3.05, 3.63) is 0 Å². The molecule has 0 bridgehead atoms. The van der Waals surface area contributed by atoms with E-state index < -0.39 is 0 Å². The van der Waals surface area contributed by atoms with Crippen LogP contribution in [0.25, 0.3) is 0 Å². The first-order valence-corrected chi connectivity index (χ1v) is 8.08. The Balaban J connectivity index is -0.0000000311. The molecule has 150 valence electrons. The van der Waals surface area contributed by atoms with Gasteiger partial charge in [-0.15, -0.1) is 33.0 Å². The van der Waals surface area contributed by atoms with E-state index >= 15 is 0 Å².